The lowest BCUT2D eigenvalue weighted by atomic mass is 9.93. The smallest absolute Gasteiger partial charge is 0.417 e. The van der Waals surface area contributed by atoms with E-state index in [0.717, 1.165) is 0 Å². The summed E-state index contributed by atoms with van der Waals surface area (Å²) < 4.78 is 11.0. The molecule has 0 saturated heterocycles. The molecule has 2 amide bonds. The molecule has 0 atom stereocenters. The number of nitrogens with zero attached hydrogens (tertiary/aromatic N) is 1. The van der Waals surface area contributed by atoms with Crippen LogP contribution in [0.25, 0.3) is 0 Å². The number of ether oxygens (including phenoxy) is 2. The average Bonchev–Trinajstić information content (AvgIpc) is 2.67. The third-order valence-electron chi connectivity index (χ3n) is 3.99. The van der Waals surface area contributed by atoms with Crippen LogP contribution in [0.15, 0.2) is 48.5 Å². The van der Waals surface area contributed by atoms with Crippen LogP contribution in [0.4, 0.5) is 16.2 Å². The highest BCUT2D eigenvalue weighted by Crippen LogP contribution is 2.37. The summed E-state index contributed by atoms with van der Waals surface area (Å²) in [5.41, 5.74) is 0.504. The number of carbonyl (C=O) groups excluding carboxylic acids is 2. The van der Waals surface area contributed by atoms with Crippen LogP contribution in [-0.2, 0) is 4.79 Å². The molecule has 0 unspecified atom stereocenters. The molecule has 0 bridgehead atoms. The SMILES string of the molecule is CN1C(=O)C(C)(C)COc2ccc(NC(=O)Oc3ccccc3)cc21. The van der Waals surface area contributed by atoms with Crippen molar-refractivity contribution in [3.8, 4) is 11.5 Å². The van der Waals surface area contributed by atoms with Gasteiger partial charge < -0.3 is 14.4 Å². The molecule has 25 heavy (non-hydrogen) atoms. The normalized spacial score (nSPS) is 15.6. The molecule has 3 rings (SSSR count). The molecule has 130 valence electrons. The predicted octanol–water partition coefficient (Wildman–Crippen LogP) is 3.68. The fraction of sp³-hybridized carbons (Fsp3) is 0.263. The molecule has 0 fully saturated rings. The predicted molar refractivity (Wildman–Crippen MR) is 95.2 cm³/mol. The lowest BCUT2D eigenvalue weighted by Gasteiger charge is -2.24. The van der Waals surface area contributed by atoms with Gasteiger partial charge in [0.15, 0.2) is 0 Å². The summed E-state index contributed by atoms with van der Waals surface area (Å²) in [5.74, 6) is 1.01. The lowest BCUT2D eigenvalue weighted by Crippen LogP contribution is -2.39. The maximum absolute atomic E-state index is 12.5. The molecule has 1 aliphatic heterocycles. The van der Waals surface area contributed by atoms with E-state index in [0.29, 0.717) is 29.5 Å². The maximum Gasteiger partial charge on any atom is 0.417 e. The zero-order valence-corrected chi connectivity index (χ0v) is 14.4. The Morgan fingerprint density at radius 2 is 1.92 bits per heavy atom. The molecule has 2 aromatic carbocycles. The number of carbonyl (C=O) groups is 2. The minimum absolute atomic E-state index is 0.0461. The molecule has 1 N–H and O–H groups in total. The van der Waals surface area contributed by atoms with E-state index in [-0.39, 0.29) is 5.91 Å². The number of hydrogen-bond acceptors (Lipinski definition) is 4. The summed E-state index contributed by atoms with van der Waals surface area (Å²) in [6, 6.07) is 13.9. The van der Waals surface area contributed by atoms with Gasteiger partial charge in [-0.3, -0.25) is 10.1 Å². The van der Waals surface area contributed by atoms with Gasteiger partial charge in [0.1, 0.15) is 18.1 Å². The van der Waals surface area contributed by atoms with Crippen molar-refractivity contribution in [2.45, 2.75) is 13.8 Å². The van der Waals surface area contributed by atoms with Crippen LogP contribution < -0.4 is 19.7 Å². The lowest BCUT2D eigenvalue weighted by molar-refractivity contribution is -0.127. The first-order chi connectivity index (χ1) is 11.9. The van der Waals surface area contributed by atoms with E-state index in [1.807, 2.05) is 19.9 Å². The molecule has 0 aliphatic carbocycles. The maximum atomic E-state index is 12.5. The van der Waals surface area contributed by atoms with E-state index >= 15 is 0 Å². The minimum atomic E-state index is -0.617. The second kappa shape index (κ2) is 6.47. The fourth-order valence-corrected chi connectivity index (χ4v) is 2.60. The van der Waals surface area contributed by atoms with Crippen LogP contribution in [-0.4, -0.2) is 25.7 Å². The van der Waals surface area contributed by atoms with Gasteiger partial charge in [0.05, 0.1) is 11.1 Å². The molecule has 0 aromatic heterocycles. The Kier molecular flexibility index (Phi) is 4.35. The zero-order valence-electron chi connectivity index (χ0n) is 14.4. The first-order valence-electron chi connectivity index (χ1n) is 7.96. The Bertz CT molecular complexity index is 802. The van der Waals surface area contributed by atoms with Gasteiger partial charge in [0, 0.05) is 12.7 Å². The Labute approximate surface area is 146 Å². The summed E-state index contributed by atoms with van der Waals surface area (Å²) in [6.45, 7) is 3.98. The minimum Gasteiger partial charge on any atom is -0.490 e. The van der Waals surface area contributed by atoms with Crippen LogP contribution in [0.1, 0.15) is 13.8 Å². The Morgan fingerprint density at radius 1 is 1.20 bits per heavy atom. The highest BCUT2D eigenvalue weighted by atomic mass is 16.6. The van der Waals surface area contributed by atoms with Crippen molar-refractivity contribution in [2.24, 2.45) is 5.41 Å². The Morgan fingerprint density at radius 3 is 2.64 bits per heavy atom. The van der Waals surface area contributed by atoms with Gasteiger partial charge in [0.25, 0.3) is 0 Å². The van der Waals surface area contributed by atoms with E-state index < -0.39 is 11.5 Å². The number of fused-ring (bicyclic) bond motifs is 1. The van der Waals surface area contributed by atoms with Gasteiger partial charge in [-0.25, -0.2) is 4.79 Å². The fourth-order valence-electron chi connectivity index (χ4n) is 2.60. The number of rotatable bonds is 2. The van der Waals surface area contributed by atoms with E-state index in [1.165, 1.54) is 0 Å². The number of anilines is 2. The number of hydrogen-bond donors (Lipinski definition) is 1. The van der Waals surface area contributed by atoms with Gasteiger partial charge in [-0.05, 0) is 44.2 Å². The van der Waals surface area contributed by atoms with Crippen molar-refractivity contribution in [3.63, 3.8) is 0 Å². The first kappa shape index (κ1) is 16.8. The average molecular weight is 340 g/mol. The van der Waals surface area contributed by atoms with Crippen LogP contribution in [0, 0.1) is 5.41 Å². The molecule has 0 saturated carbocycles. The summed E-state index contributed by atoms with van der Waals surface area (Å²) in [5, 5.41) is 2.66. The monoisotopic (exact) mass is 340 g/mol. The summed E-state index contributed by atoms with van der Waals surface area (Å²) in [4.78, 5) is 26.1. The van der Waals surface area contributed by atoms with Gasteiger partial charge in [-0.2, -0.15) is 0 Å². The molecule has 6 heteroatoms. The Balaban J connectivity index is 1.78. The standard InChI is InChI=1S/C19H20N2O4/c1-19(2)12-24-16-10-9-13(11-15(16)21(3)17(19)22)20-18(23)25-14-7-5-4-6-8-14/h4-11H,12H2,1-3H3,(H,20,23). The molecular weight excluding hydrogens is 320 g/mol. The van der Waals surface area contributed by atoms with Gasteiger partial charge in [0.2, 0.25) is 5.91 Å². The summed E-state index contributed by atoms with van der Waals surface area (Å²) in [6.07, 6.45) is -0.602. The van der Waals surface area contributed by atoms with Crippen LogP contribution >= 0.6 is 0 Å². The molecule has 6 nitrogen and oxygen atoms in total. The number of benzene rings is 2. The van der Waals surface area contributed by atoms with Crippen molar-refractivity contribution in [1.29, 1.82) is 0 Å². The number of nitrogens with one attached hydrogen (secondary N) is 1. The van der Waals surface area contributed by atoms with Gasteiger partial charge in [-0.15, -0.1) is 0 Å². The van der Waals surface area contributed by atoms with E-state index in [1.54, 1.807) is 54.4 Å². The van der Waals surface area contributed by atoms with Crippen molar-refractivity contribution in [2.75, 3.05) is 23.9 Å². The Hall–Kier alpha value is -3.02. The van der Waals surface area contributed by atoms with Crippen molar-refractivity contribution >= 4 is 23.4 Å². The second-order valence-electron chi connectivity index (χ2n) is 6.55. The van der Waals surface area contributed by atoms with Crippen LogP contribution in [0.2, 0.25) is 0 Å². The summed E-state index contributed by atoms with van der Waals surface area (Å²) >= 11 is 0. The van der Waals surface area contributed by atoms with E-state index in [4.69, 9.17) is 9.47 Å². The molecule has 2 aromatic rings. The molecule has 0 spiro atoms. The van der Waals surface area contributed by atoms with E-state index in [2.05, 4.69) is 5.32 Å². The quantitative estimate of drug-likeness (QED) is 0.905. The second-order valence-corrected chi connectivity index (χ2v) is 6.55. The number of para-hydroxylation sites is 1. The molecule has 1 heterocycles. The molecule has 1 aliphatic rings. The highest BCUT2D eigenvalue weighted by Gasteiger charge is 2.36. The van der Waals surface area contributed by atoms with Crippen molar-refractivity contribution in [3.05, 3.63) is 48.5 Å². The molecular formula is C19H20N2O4. The van der Waals surface area contributed by atoms with Crippen molar-refractivity contribution < 1.29 is 19.1 Å². The summed E-state index contributed by atoms with van der Waals surface area (Å²) in [7, 11) is 1.70. The van der Waals surface area contributed by atoms with Crippen LogP contribution in [0.5, 0.6) is 11.5 Å². The molecule has 0 radical (unpaired) electrons. The largest absolute Gasteiger partial charge is 0.490 e. The third-order valence-corrected chi connectivity index (χ3v) is 3.99. The third kappa shape index (κ3) is 3.57. The van der Waals surface area contributed by atoms with Gasteiger partial charge >= 0.3 is 6.09 Å². The van der Waals surface area contributed by atoms with Gasteiger partial charge in [-0.1, -0.05) is 18.2 Å². The topological polar surface area (TPSA) is 67.9 Å². The zero-order chi connectivity index (χ0) is 18.0. The van der Waals surface area contributed by atoms with E-state index in [9.17, 15) is 9.59 Å². The van der Waals surface area contributed by atoms with Crippen LogP contribution in [0.3, 0.4) is 0 Å². The highest BCUT2D eigenvalue weighted by molar-refractivity contribution is 5.99. The first-order valence-corrected chi connectivity index (χ1v) is 7.96. The van der Waals surface area contributed by atoms with Crippen molar-refractivity contribution in [1.82, 2.24) is 0 Å². The number of amides is 2.